The average Bonchev–Trinajstić information content (AvgIpc) is 2.64. The molecule has 0 unspecified atom stereocenters. The van der Waals surface area contributed by atoms with Crippen LogP contribution in [0.1, 0.15) is 30.0 Å². The van der Waals surface area contributed by atoms with Crippen LogP contribution in [0.15, 0.2) is 12.3 Å². The first-order valence-electron chi connectivity index (χ1n) is 5.57. The number of hydrogen-bond donors (Lipinski definition) is 1. The normalized spacial score (nSPS) is 21.9. The standard InChI is InChI=1S/C12H19N3/c1-9-7-12(13-2)14-8-10(9)11-5-4-6-15(11)3/h7-8,11H,4-6H2,1-3H3,(H,13,14)/t11-/m1/s1. The molecule has 1 aliphatic heterocycles. The van der Waals surface area contributed by atoms with E-state index in [2.05, 4.69) is 35.2 Å². The van der Waals surface area contributed by atoms with Crippen LogP contribution in [0.2, 0.25) is 0 Å². The number of aromatic nitrogens is 1. The molecule has 0 amide bonds. The average molecular weight is 205 g/mol. The Morgan fingerprint density at radius 1 is 1.53 bits per heavy atom. The molecule has 1 aliphatic rings. The molecular formula is C12H19N3. The van der Waals surface area contributed by atoms with Gasteiger partial charge in [0.1, 0.15) is 5.82 Å². The van der Waals surface area contributed by atoms with Gasteiger partial charge in [0.15, 0.2) is 0 Å². The Kier molecular flexibility index (Phi) is 2.91. The van der Waals surface area contributed by atoms with E-state index in [-0.39, 0.29) is 0 Å². The highest BCUT2D eigenvalue weighted by atomic mass is 15.1. The Bertz CT molecular complexity index is 349. The zero-order chi connectivity index (χ0) is 10.8. The van der Waals surface area contributed by atoms with E-state index in [9.17, 15) is 0 Å². The second-order valence-electron chi connectivity index (χ2n) is 4.31. The van der Waals surface area contributed by atoms with E-state index in [1.54, 1.807) is 0 Å². The van der Waals surface area contributed by atoms with E-state index in [1.807, 2.05) is 13.2 Å². The third-order valence-corrected chi connectivity index (χ3v) is 3.29. The minimum Gasteiger partial charge on any atom is -0.373 e. The number of nitrogens with zero attached hydrogens (tertiary/aromatic N) is 2. The summed E-state index contributed by atoms with van der Waals surface area (Å²) in [5.41, 5.74) is 2.72. The van der Waals surface area contributed by atoms with Crippen molar-refractivity contribution in [2.75, 3.05) is 26.0 Å². The Labute approximate surface area is 91.5 Å². The number of hydrogen-bond acceptors (Lipinski definition) is 3. The second kappa shape index (κ2) is 4.19. The van der Waals surface area contributed by atoms with Crippen molar-refractivity contribution in [2.24, 2.45) is 0 Å². The highest BCUT2D eigenvalue weighted by Crippen LogP contribution is 2.32. The predicted octanol–water partition coefficient (Wildman–Crippen LogP) is 2.20. The summed E-state index contributed by atoms with van der Waals surface area (Å²) in [7, 11) is 4.10. The van der Waals surface area contributed by atoms with Crippen molar-refractivity contribution < 1.29 is 0 Å². The lowest BCUT2D eigenvalue weighted by molar-refractivity contribution is 0.316. The van der Waals surface area contributed by atoms with Gasteiger partial charge in [-0.2, -0.15) is 0 Å². The van der Waals surface area contributed by atoms with Gasteiger partial charge in [-0.1, -0.05) is 0 Å². The van der Waals surface area contributed by atoms with Crippen molar-refractivity contribution in [1.29, 1.82) is 0 Å². The molecule has 0 aromatic carbocycles. The molecule has 2 rings (SSSR count). The molecular weight excluding hydrogens is 186 g/mol. The van der Waals surface area contributed by atoms with E-state index in [1.165, 1.54) is 30.5 Å². The van der Waals surface area contributed by atoms with Gasteiger partial charge in [0.25, 0.3) is 0 Å². The Balaban J connectivity index is 2.28. The van der Waals surface area contributed by atoms with Crippen LogP contribution in [0.5, 0.6) is 0 Å². The quantitative estimate of drug-likeness (QED) is 0.802. The van der Waals surface area contributed by atoms with Crippen LogP contribution in [0, 0.1) is 6.92 Å². The predicted molar refractivity (Wildman–Crippen MR) is 63.1 cm³/mol. The largest absolute Gasteiger partial charge is 0.373 e. The molecule has 1 atom stereocenters. The molecule has 3 heteroatoms. The third kappa shape index (κ3) is 1.97. The van der Waals surface area contributed by atoms with Gasteiger partial charge in [-0.15, -0.1) is 0 Å². The summed E-state index contributed by atoms with van der Waals surface area (Å²) in [6.07, 6.45) is 4.58. The number of nitrogens with one attached hydrogen (secondary N) is 1. The van der Waals surface area contributed by atoms with Crippen molar-refractivity contribution in [2.45, 2.75) is 25.8 Å². The van der Waals surface area contributed by atoms with Gasteiger partial charge in [-0.25, -0.2) is 4.98 Å². The number of aryl methyl sites for hydroxylation is 1. The fraction of sp³-hybridized carbons (Fsp3) is 0.583. The van der Waals surface area contributed by atoms with Crippen LogP contribution in [0.4, 0.5) is 5.82 Å². The minimum absolute atomic E-state index is 0.573. The van der Waals surface area contributed by atoms with Gasteiger partial charge < -0.3 is 5.32 Å². The first-order valence-corrected chi connectivity index (χ1v) is 5.57. The van der Waals surface area contributed by atoms with Crippen molar-refractivity contribution in [3.63, 3.8) is 0 Å². The monoisotopic (exact) mass is 205 g/mol. The Hall–Kier alpha value is -1.09. The highest BCUT2D eigenvalue weighted by Gasteiger charge is 2.24. The molecule has 82 valence electrons. The number of pyridine rings is 1. The van der Waals surface area contributed by atoms with Crippen molar-refractivity contribution >= 4 is 5.82 Å². The van der Waals surface area contributed by atoms with Crippen LogP contribution in [-0.4, -0.2) is 30.5 Å². The van der Waals surface area contributed by atoms with Crippen LogP contribution in [0.3, 0.4) is 0 Å². The first kappa shape index (κ1) is 10.4. The van der Waals surface area contributed by atoms with E-state index in [4.69, 9.17) is 0 Å². The van der Waals surface area contributed by atoms with Gasteiger partial charge in [0.05, 0.1) is 0 Å². The Morgan fingerprint density at radius 2 is 2.33 bits per heavy atom. The summed E-state index contributed by atoms with van der Waals surface area (Å²) in [6.45, 7) is 3.38. The summed E-state index contributed by atoms with van der Waals surface area (Å²) in [5, 5.41) is 3.07. The molecule has 2 heterocycles. The molecule has 0 radical (unpaired) electrons. The zero-order valence-corrected chi connectivity index (χ0v) is 9.75. The summed E-state index contributed by atoms with van der Waals surface area (Å²) in [6, 6.07) is 2.70. The first-order chi connectivity index (χ1) is 7.22. The van der Waals surface area contributed by atoms with Crippen molar-refractivity contribution in [3.8, 4) is 0 Å². The van der Waals surface area contributed by atoms with Gasteiger partial charge in [-0.3, -0.25) is 4.90 Å². The summed E-state index contributed by atoms with van der Waals surface area (Å²) in [5.74, 6) is 0.955. The smallest absolute Gasteiger partial charge is 0.125 e. The third-order valence-electron chi connectivity index (χ3n) is 3.29. The Morgan fingerprint density at radius 3 is 2.87 bits per heavy atom. The fourth-order valence-electron chi connectivity index (χ4n) is 2.36. The molecule has 1 saturated heterocycles. The van der Waals surface area contributed by atoms with E-state index in [0.29, 0.717) is 6.04 Å². The van der Waals surface area contributed by atoms with Crippen LogP contribution < -0.4 is 5.32 Å². The van der Waals surface area contributed by atoms with E-state index in [0.717, 1.165) is 5.82 Å². The van der Waals surface area contributed by atoms with Gasteiger partial charge in [0, 0.05) is 19.3 Å². The SMILES string of the molecule is CNc1cc(C)c([C@H]2CCCN2C)cn1. The van der Waals surface area contributed by atoms with E-state index >= 15 is 0 Å². The maximum atomic E-state index is 4.40. The lowest BCUT2D eigenvalue weighted by Crippen LogP contribution is -2.18. The molecule has 1 N–H and O–H groups in total. The molecule has 0 bridgehead atoms. The maximum absolute atomic E-state index is 4.40. The molecule has 0 spiro atoms. The van der Waals surface area contributed by atoms with E-state index < -0.39 is 0 Å². The second-order valence-corrected chi connectivity index (χ2v) is 4.31. The summed E-state index contributed by atoms with van der Waals surface area (Å²) < 4.78 is 0. The summed E-state index contributed by atoms with van der Waals surface area (Å²) in [4.78, 5) is 6.82. The zero-order valence-electron chi connectivity index (χ0n) is 9.75. The summed E-state index contributed by atoms with van der Waals surface area (Å²) >= 11 is 0. The highest BCUT2D eigenvalue weighted by molar-refractivity contribution is 5.41. The van der Waals surface area contributed by atoms with Crippen molar-refractivity contribution in [1.82, 2.24) is 9.88 Å². The van der Waals surface area contributed by atoms with Crippen molar-refractivity contribution in [3.05, 3.63) is 23.4 Å². The lowest BCUT2D eigenvalue weighted by atomic mass is 10.0. The lowest BCUT2D eigenvalue weighted by Gasteiger charge is -2.21. The molecule has 3 nitrogen and oxygen atoms in total. The number of anilines is 1. The molecule has 1 aromatic heterocycles. The fourth-order valence-corrected chi connectivity index (χ4v) is 2.36. The molecule has 1 fully saturated rings. The maximum Gasteiger partial charge on any atom is 0.125 e. The molecule has 0 saturated carbocycles. The van der Waals surface area contributed by atoms with Gasteiger partial charge in [-0.05, 0) is 50.6 Å². The molecule has 1 aromatic rings. The number of rotatable bonds is 2. The van der Waals surface area contributed by atoms with Gasteiger partial charge in [0.2, 0.25) is 0 Å². The molecule has 0 aliphatic carbocycles. The minimum atomic E-state index is 0.573. The molecule has 15 heavy (non-hydrogen) atoms. The van der Waals surface area contributed by atoms with Crippen LogP contribution in [0.25, 0.3) is 0 Å². The number of likely N-dealkylation sites (tertiary alicyclic amines) is 1. The van der Waals surface area contributed by atoms with Crippen LogP contribution >= 0.6 is 0 Å². The van der Waals surface area contributed by atoms with Crippen LogP contribution in [-0.2, 0) is 0 Å². The topological polar surface area (TPSA) is 28.2 Å². The van der Waals surface area contributed by atoms with Gasteiger partial charge >= 0.3 is 0 Å².